The molecule has 3 aliphatic rings. The SMILES string of the molecule is CC1CCCN(C(N)=NC(N)=Nc2ccc(CNC(=O)c3ccccc3-c3c4ccc(=O)cc-4oc4cc(O)ccc34)cc2)C1. The number of likely N-dealkylation sites (tertiary alicyclic amines) is 1. The molecule has 45 heavy (non-hydrogen) atoms. The van der Waals surface area contributed by atoms with Gasteiger partial charge in [0.25, 0.3) is 5.91 Å². The average molecular weight is 603 g/mol. The van der Waals surface area contributed by atoms with Gasteiger partial charge in [-0.2, -0.15) is 4.99 Å². The van der Waals surface area contributed by atoms with Crippen LogP contribution in [0.15, 0.2) is 104 Å². The van der Waals surface area contributed by atoms with Gasteiger partial charge in [-0.05, 0) is 72.4 Å². The standard InChI is InChI=1S/C35H34N6O4/c1-21-5-4-16-41(20-21)35(37)40-34(36)39-23-10-8-22(9-11-23)19-38-33(44)27-7-3-2-6-26(27)32-28-14-12-24(42)17-30(28)45-31-18-25(43)13-15-29(31)32/h2-3,6-15,17-18,21,42H,4-5,16,19-20H2,1H3,(H,38,44)(H4,36,37,39,40). The smallest absolute Gasteiger partial charge is 0.252 e. The molecule has 6 N–H and O–H groups in total. The van der Waals surface area contributed by atoms with Crippen molar-refractivity contribution < 1.29 is 14.3 Å². The number of hydrogen-bond donors (Lipinski definition) is 4. The minimum Gasteiger partial charge on any atom is -0.508 e. The molecule has 1 fully saturated rings. The molecule has 1 unspecified atom stereocenters. The molecule has 1 aliphatic carbocycles. The number of aliphatic imine (C=N–C) groups is 2. The third-order valence-electron chi connectivity index (χ3n) is 7.96. The van der Waals surface area contributed by atoms with E-state index in [1.54, 1.807) is 30.3 Å². The van der Waals surface area contributed by atoms with Crippen LogP contribution < -0.4 is 22.2 Å². The van der Waals surface area contributed by atoms with Gasteiger partial charge in [0, 0.05) is 53.8 Å². The van der Waals surface area contributed by atoms with Crippen LogP contribution in [0.4, 0.5) is 5.69 Å². The van der Waals surface area contributed by atoms with Crippen molar-refractivity contribution in [2.24, 2.45) is 27.4 Å². The Kier molecular flexibility index (Phi) is 8.20. The Morgan fingerprint density at radius 3 is 2.62 bits per heavy atom. The van der Waals surface area contributed by atoms with Crippen LogP contribution in [0.2, 0.25) is 0 Å². The molecule has 10 heteroatoms. The monoisotopic (exact) mass is 602 g/mol. The van der Waals surface area contributed by atoms with E-state index in [-0.39, 0.29) is 29.6 Å². The van der Waals surface area contributed by atoms with Crippen LogP contribution >= 0.6 is 0 Å². The van der Waals surface area contributed by atoms with Crippen molar-refractivity contribution in [1.29, 1.82) is 0 Å². The second-order valence-electron chi connectivity index (χ2n) is 11.3. The Balaban J connectivity index is 1.21. The number of aromatic hydroxyl groups is 1. The Labute approximate surface area is 260 Å². The van der Waals surface area contributed by atoms with E-state index >= 15 is 0 Å². The van der Waals surface area contributed by atoms with Crippen molar-refractivity contribution in [2.75, 3.05) is 13.1 Å². The van der Waals surface area contributed by atoms with Gasteiger partial charge in [0.15, 0.2) is 11.4 Å². The fourth-order valence-electron chi connectivity index (χ4n) is 5.76. The van der Waals surface area contributed by atoms with E-state index < -0.39 is 0 Å². The Morgan fingerprint density at radius 1 is 1.02 bits per heavy atom. The van der Waals surface area contributed by atoms with Crippen molar-refractivity contribution in [3.8, 4) is 28.2 Å². The molecule has 2 heterocycles. The number of hydrogen-bond acceptors (Lipinski definition) is 5. The summed E-state index contributed by atoms with van der Waals surface area (Å²) in [5, 5.41) is 13.8. The van der Waals surface area contributed by atoms with Gasteiger partial charge in [-0.3, -0.25) is 9.59 Å². The maximum absolute atomic E-state index is 13.6. The summed E-state index contributed by atoms with van der Waals surface area (Å²) in [6, 6.07) is 24.0. The van der Waals surface area contributed by atoms with E-state index in [2.05, 4.69) is 22.2 Å². The van der Waals surface area contributed by atoms with Crippen molar-refractivity contribution >= 4 is 34.5 Å². The van der Waals surface area contributed by atoms with Crippen LogP contribution in [-0.4, -0.2) is 40.9 Å². The highest BCUT2D eigenvalue weighted by atomic mass is 16.3. The number of phenols is 1. The second kappa shape index (κ2) is 12.5. The topological polar surface area (TPSA) is 160 Å². The van der Waals surface area contributed by atoms with Gasteiger partial charge in [-0.25, -0.2) is 4.99 Å². The van der Waals surface area contributed by atoms with Crippen molar-refractivity contribution in [2.45, 2.75) is 26.3 Å². The number of carbonyl (C=O) groups is 1. The zero-order valence-electron chi connectivity index (χ0n) is 24.9. The summed E-state index contributed by atoms with van der Waals surface area (Å²) < 4.78 is 5.97. The summed E-state index contributed by atoms with van der Waals surface area (Å²) in [5.74, 6) is 1.15. The fourth-order valence-corrected chi connectivity index (χ4v) is 5.76. The first kappa shape index (κ1) is 29.4. The number of nitrogens with zero attached hydrogens (tertiary/aromatic N) is 3. The normalized spacial score (nSPS) is 15.8. The molecule has 0 bridgehead atoms. The third kappa shape index (κ3) is 6.50. The highest BCUT2D eigenvalue weighted by Crippen LogP contribution is 2.41. The predicted molar refractivity (Wildman–Crippen MR) is 177 cm³/mol. The molecule has 6 rings (SSSR count). The maximum atomic E-state index is 13.6. The first-order chi connectivity index (χ1) is 21.7. The minimum absolute atomic E-state index is 0.0317. The summed E-state index contributed by atoms with van der Waals surface area (Å²) >= 11 is 0. The summed E-state index contributed by atoms with van der Waals surface area (Å²) in [6.07, 6.45) is 2.25. The zero-order valence-corrected chi connectivity index (χ0v) is 24.9. The Hall–Kier alpha value is -5.64. The van der Waals surface area contributed by atoms with E-state index in [1.807, 2.05) is 41.3 Å². The summed E-state index contributed by atoms with van der Waals surface area (Å²) in [6.45, 7) is 4.19. The van der Waals surface area contributed by atoms with Gasteiger partial charge in [-0.1, -0.05) is 37.3 Å². The number of nitrogens with one attached hydrogen (secondary N) is 1. The van der Waals surface area contributed by atoms with E-state index in [0.29, 0.717) is 51.0 Å². The average Bonchev–Trinajstić information content (AvgIpc) is 3.03. The molecule has 0 radical (unpaired) electrons. The number of piperidine rings is 1. The summed E-state index contributed by atoms with van der Waals surface area (Å²) in [5.41, 5.74) is 16.5. The van der Waals surface area contributed by atoms with Gasteiger partial charge >= 0.3 is 0 Å². The molecule has 10 nitrogen and oxygen atoms in total. The van der Waals surface area contributed by atoms with Crippen molar-refractivity contribution in [3.05, 3.63) is 106 Å². The van der Waals surface area contributed by atoms with Crippen LogP contribution in [0.1, 0.15) is 35.7 Å². The van der Waals surface area contributed by atoms with Crippen molar-refractivity contribution in [3.63, 3.8) is 0 Å². The van der Waals surface area contributed by atoms with Gasteiger partial charge in [0.2, 0.25) is 5.96 Å². The number of guanidine groups is 2. The van der Waals surface area contributed by atoms with Gasteiger partial charge in [0.1, 0.15) is 17.1 Å². The van der Waals surface area contributed by atoms with Gasteiger partial charge < -0.3 is 31.2 Å². The highest BCUT2D eigenvalue weighted by molar-refractivity contribution is 6.09. The van der Waals surface area contributed by atoms with Crippen LogP contribution in [0.3, 0.4) is 0 Å². The van der Waals surface area contributed by atoms with Crippen LogP contribution in [-0.2, 0) is 6.54 Å². The maximum Gasteiger partial charge on any atom is 0.252 e. The Morgan fingerprint density at radius 2 is 1.82 bits per heavy atom. The van der Waals surface area contributed by atoms with Gasteiger partial charge in [-0.15, -0.1) is 0 Å². The number of benzene rings is 4. The lowest BCUT2D eigenvalue weighted by Crippen LogP contribution is -2.44. The Bertz CT molecular complexity index is 1960. The molecule has 1 amide bonds. The predicted octanol–water partition coefficient (Wildman–Crippen LogP) is 5.19. The van der Waals surface area contributed by atoms with E-state index in [4.69, 9.17) is 15.9 Å². The highest BCUT2D eigenvalue weighted by Gasteiger charge is 2.22. The van der Waals surface area contributed by atoms with E-state index in [1.165, 1.54) is 24.6 Å². The molecule has 0 aromatic heterocycles. The lowest BCUT2D eigenvalue weighted by molar-refractivity contribution is 0.0951. The van der Waals surface area contributed by atoms with E-state index in [9.17, 15) is 14.7 Å². The first-order valence-electron chi connectivity index (χ1n) is 14.8. The molecule has 2 aliphatic heterocycles. The van der Waals surface area contributed by atoms with Gasteiger partial charge in [0.05, 0.1) is 5.69 Å². The largest absolute Gasteiger partial charge is 0.508 e. The lowest BCUT2D eigenvalue weighted by atomic mass is 9.90. The van der Waals surface area contributed by atoms with Crippen molar-refractivity contribution in [1.82, 2.24) is 10.2 Å². The number of carbonyl (C=O) groups excluding carboxylic acids is 1. The summed E-state index contributed by atoms with van der Waals surface area (Å²) in [7, 11) is 0. The molecule has 228 valence electrons. The fraction of sp³-hybridized carbons (Fsp3) is 0.200. The number of nitrogens with two attached hydrogens (primary N) is 2. The first-order valence-corrected chi connectivity index (χ1v) is 14.8. The molecule has 1 saturated heterocycles. The van der Waals surface area contributed by atoms with Crippen LogP contribution in [0, 0.1) is 5.92 Å². The number of amides is 1. The zero-order chi connectivity index (χ0) is 31.5. The quantitative estimate of drug-likeness (QED) is 0.122. The number of rotatable bonds is 5. The molecule has 3 aromatic carbocycles. The molecule has 3 aromatic rings. The van der Waals surface area contributed by atoms with E-state index in [0.717, 1.165) is 30.6 Å². The molecular formula is C35H34N6O4. The van der Waals surface area contributed by atoms with Crippen LogP contribution in [0.25, 0.3) is 33.4 Å². The third-order valence-corrected chi connectivity index (χ3v) is 7.96. The molecule has 0 spiro atoms. The number of fused-ring (bicyclic) bond motifs is 2. The van der Waals surface area contributed by atoms with Crippen LogP contribution in [0.5, 0.6) is 5.75 Å². The second-order valence-corrected chi connectivity index (χ2v) is 11.3. The summed E-state index contributed by atoms with van der Waals surface area (Å²) in [4.78, 5) is 36.4. The molecule has 0 saturated carbocycles. The number of phenolic OH excluding ortho intramolecular Hbond substituents is 1. The lowest BCUT2D eigenvalue weighted by Gasteiger charge is -2.31. The molecule has 1 atom stereocenters. The molecular weight excluding hydrogens is 568 g/mol. The minimum atomic E-state index is -0.268.